The maximum absolute atomic E-state index is 10.1. The Morgan fingerprint density at radius 2 is 1.13 bits per heavy atom. The van der Waals surface area contributed by atoms with E-state index in [1.807, 2.05) is 0 Å². The third-order valence-electron chi connectivity index (χ3n) is 4.55. The monoisotopic (exact) mass is 340 g/mol. The summed E-state index contributed by atoms with van der Waals surface area (Å²) in [4.78, 5) is 0. The summed E-state index contributed by atoms with van der Waals surface area (Å²) in [5.74, 6) is -0.903. The fourth-order valence-corrected chi connectivity index (χ4v) is 3.11. The summed E-state index contributed by atoms with van der Waals surface area (Å²) >= 11 is 0. The Balaban J connectivity index is 2.11. The van der Waals surface area contributed by atoms with Crippen LogP contribution in [-0.4, -0.2) is 109 Å². The van der Waals surface area contributed by atoms with Gasteiger partial charge in [0.2, 0.25) is 0 Å². The summed E-state index contributed by atoms with van der Waals surface area (Å²) in [7, 11) is 0. The molecule has 2 heterocycles. The van der Waals surface area contributed by atoms with Crippen LogP contribution >= 0.6 is 0 Å². The van der Waals surface area contributed by atoms with Crippen LogP contribution in [0.25, 0.3) is 0 Å². The van der Waals surface area contributed by atoms with E-state index < -0.39 is 74.3 Å². The van der Waals surface area contributed by atoms with E-state index in [0.29, 0.717) is 0 Å². The maximum atomic E-state index is 10.1. The minimum atomic E-state index is -1.66. The average molecular weight is 340 g/mol. The van der Waals surface area contributed by atoms with Gasteiger partial charge in [0.05, 0.1) is 31.5 Å². The summed E-state index contributed by atoms with van der Waals surface area (Å²) in [5.41, 5.74) is 0. The largest absolute Gasteiger partial charge is 0.394 e. The van der Waals surface area contributed by atoms with Crippen molar-refractivity contribution in [3.05, 3.63) is 0 Å². The molecule has 2 aliphatic heterocycles. The van der Waals surface area contributed by atoms with E-state index in [1.54, 1.807) is 0 Å². The zero-order chi connectivity index (χ0) is 17.3. The summed E-state index contributed by atoms with van der Waals surface area (Å²) in [5, 5.41) is 77.1. The van der Waals surface area contributed by atoms with Gasteiger partial charge in [0.1, 0.15) is 30.5 Å². The number of hydrogen-bond donors (Lipinski definition) is 8. The van der Waals surface area contributed by atoms with Crippen LogP contribution < -0.4 is 0 Å². The van der Waals surface area contributed by atoms with Crippen LogP contribution in [0.3, 0.4) is 0 Å². The second-order valence-electron chi connectivity index (χ2n) is 6.00. The fraction of sp³-hybridized carbons (Fsp3) is 1.00. The Labute approximate surface area is 132 Å². The van der Waals surface area contributed by atoms with Crippen LogP contribution in [0.5, 0.6) is 0 Å². The van der Waals surface area contributed by atoms with Crippen LogP contribution in [0.15, 0.2) is 0 Å². The highest BCUT2D eigenvalue weighted by molar-refractivity contribution is 4.96. The van der Waals surface area contributed by atoms with Crippen LogP contribution in [0.2, 0.25) is 0 Å². The molecule has 0 unspecified atom stereocenters. The van der Waals surface area contributed by atoms with E-state index in [1.165, 1.54) is 0 Å². The molecular weight excluding hydrogens is 316 g/mol. The molecule has 10 heteroatoms. The minimum Gasteiger partial charge on any atom is -0.394 e. The Morgan fingerprint density at radius 3 is 1.70 bits per heavy atom. The van der Waals surface area contributed by atoms with Crippen molar-refractivity contribution < 1.29 is 50.3 Å². The van der Waals surface area contributed by atoms with Gasteiger partial charge in [-0.1, -0.05) is 0 Å². The lowest BCUT2D eigenvalue weighted by atomic mass is 9.81. The first-order valence-corrected chi connectivity index (χ1v) is 7.42. The number of hydrogen-bond acceptors (Lipinski definition) is 10. The molecule has 8 N–H and O–H groups in total. The molecular formula is C13H24O10. The van der Waals surface area contributed by atoms with Crippen molar-refractivity contribution >= 4 is 0 Å². The van der Waals surface area contributed by atoms with Crippen molar-refractivity contribution in [2.75, 3.05) is 13.2 Å². The molecule has 0 aromatic rings. The average Bonchev–Trinajstić information content (AvgIpc) is 2.55. The molecule has 23 heavy (non-hydrogen) atoms. The summed E-state index contributed by atoms with van der Waals surface area (Å²) in [6, 6.07) is 0. The van der Waals surface area contributed by atoms with E-state index >= 15 is 0 Å². The van der Waals surface area contributed by atoms with Gasteiger partial charge in [0, 0.05) is 5.92 Å². The van der Waals surface area contributed by atoms with Crippen molar-refractivity contribution in [3.8, 4) is 0 Å². The first kappa shape index (κ1) is 18.9. The number of aliphatic hydroxyl groups excluding tert-OH is 8. The van der Waals surface area contributed by atoms with Crippen LogP contribution in [0.1, 0.15) is 6.42 Å². The second kappa shape index (κ2) is 7.66. The molecule has 0 aromatic heterocycles. The topological polar surface area (TPSA) is 180 Å². The van der Waals surface area contributed by atoms with Gasteiger partial charge in [-0.3, -0.25) is 0 Å². The molecule has 0 aliphatic carbocycles. The van der Waals surface area contributed by atoms with Gasteiger partial charge in [0.25, 0.3) is 0 Å². The van der Waals surface area contributed by atoms with Gasteiger partial charge in [-0.2, -0.15) is 0 Å². The molecule has 2 saturated heterocycles. The normalized spacial score (nSPS) is 51.7. The van der Waals surface area contributed by atoms with Crippen LogP contribution in [-0.2, 0) is 9.47 Å². The number of rotatable bonds is 4. The highest BCUT2D eigenvalue weighted by Crippen LogP contribution is 2.33. The first-order valence-electron chi connectivity index (χ1n) is 7.42. The van der Waals surface area contributed by atoms with Crippen molar-refractivity contribution in [2.45, 2.75) is 61.5 Å². The molecule has 10 nitrogen and oxygen atoms in total. The van der Waals surface area contributed by atoms with Crippen molar-refractivity contribution in [2.24, 2.45) is 5.92 Å². The second-order valence-corrected chi connectivity index (χ2v) is 6.00. The number of ether oxygens (including phenoxy) is 2. The van der Waals surface area contributed by atoms with Gasteiger partial charge in [-0.25, -0.2) is 0 Å². The summed E-state index contributed by atoms with van der Waals surface area (Å²) in [6.07, 6.45) is -12.6. The molecule has 0 aromatic carbocycles. The third-order valence-corrected chi connectivity index (χ3v) is 4.55. The summed E-state index contributed by atoms with van der Waals surface area (Å²) in [6.45, 7) is -1.14. The lowest BCUT2D eigenvalue weighted by Gasteiger charge is -2.45. The predicted molar refractivity (Wildman–Crippen MR) is 71.9 cm³/mol. The fourth-order valence-electron chi connectivity index (χ4n) is 3.11. The van der Waals surface area contributed by atoms with E-state index in [0.717, 1.165) is 0 Å². The van der Waals surface area contributed by atoms with Gasteiger partial charge in [0.15, 0.2) is 6.29 Å². The molecule has 0 amide bonds. The minimum absolute atomic E-state index is 0.141. The van der Waals surface area contributed by atoms with E-state index in [-0.39, 0.29) is 6.42 Å². The molecule has 0 radical (unpaired) electrons. The quantitative estimate of drug-likeness (QED) is 0.247. The van der Waals surface area contributed by atoms with Gasteiger partial charge < -0.3 is 50.3 Å². The van der Waals surface area contributed by atoms with E-state index in [9.17, 15) is 35.7 Å². The molecule has 2 aliphatic rings. The lowest BCUT2D eigenvalue weighted by molar-refractivity contribution is -0.286. The predicted octanol–water partition coefficient (Wildman–Crippen LogP) is -4.73. The summed E-state index contributed by atoms with van der Waals surface area (Å²) < 4.78 is 10.3. The molecule has 0 bridgehead atoms. The Kier molecular flexibility index (Phi) is 6.30. The first-order chi connectivity index (χ1) is 10.8. The molecule has 2 fully saturated rings. The SMILES string of the molecule is OC[C@H]1O[C@@H](C[C@H]2[C@H](O)[C@@H](O)[C@@H](O)O[C@@H]2CO)[C@H](O)[C@@H](O)[C@H]1O. The van der Waals surface area contributed by atoms with Gasteiger partial charge in [-0.05, 0) is 6.42 Å². The standard InChI is InChI=1S/C13H24O10/c14-2-6-4(8(16)12(20)13(21)23-6)1-5-9(17)11(19)10(18)7(3-15)22-5/h4-21H,1-3H2/t4-,5+,6-,7-,8+,9+,10+,11-,12-,13+/m1/s1. The van der Waals surface area contributed by atoms with Crippen molar-refractivity contribution in [1.29, 1.82) is 0 Å². The number of aliphatic hydroxyl groups is 8. The molecule has 136 valence electrons. The Hall–Kier alpha value is -0.400. The zero-order valence-electron chi connectivity index (χ0n) is 12.3. The maximum Gasteiger partial charge on any atom is 0.183 e. The van der Waals surface area contributed by atoms with Crippen molar-refractivity contribution in [3.63, 3.8) is 0 Å². The highest BCUT2D eigenvalue weighted by atomic mass is 16.6. The molecule has 2 rings (SSSR count). The molecule has 10 atom stereocenters. The van der Waals surface area contributed by atoms with E-state index in [2.05, 4.69) is 0 Å². The lowest BCUT2D eigenvalue weighted by Crippen LogP contribution is -2.61. The highest BCUT2D eigenvalue weighted by Gasteiger charge is 2.49. The van der Waals surface area contributed by atoms with Crippen LogP contribution in [0, 0.1) is 5.92 Å². The Morgan fingerprint density at radius 1 is 0.565 bits per heavy atom. The van der Waals surface area contributed by atoms with Crippen LogP contribution in [0.4, 0.5) is 0 Å². The van der Waals surface area contributed by atoms with Crippen molar-refractivity contribution in [1.82, 2.24) is 0 Å². The zero-order valence-corrected chi connectivity index (χ0v) is 12.3. The van der Waals surface area contributed by atoms with Gasteiger partial charge >= 0.3 is 0 Å². The smallest absolute Gasteiger partial charge is 0.183 e. The molecule has 0 spiro atoms. The van der Waals surface area contributed by atoms with Gasteiger partial charge in [-0.15, -0.1) is 0 Å². The Bertz CT molecular complexity index is 378. The molecule has 0 saturated carbocycles. The third kappa shape index (κ3) is 3.66. The van der Waals surface area contributed by atoms with E-state index in [4.69, 9.17) is 14.6 Å².